The maximum absolute atomic E-state index is 14.7. The van der Waals surface area contributed by atoms with Gasteiger partial charge in [0.05, 0.1) is 33.0 Å². The first-order valence-electron chi connectivity index (χ1n) is 13.3. The zero-order valence-corrected chi connectivity index (χ0v) is 23.5. The number of benzene rings is 2. The van der Waals surface area contributed by atoms with E-state index in [-0.39, 0.29) is 29.0 Å². The van der Waals surface area contributed by atoms with Crippen LogP contribution in [0.5, 0.6) is 0 Å². The molecule has 0 unspecified atom stereocenters. The maximum Gasteiger partial charge on any atom is 0.335 e. The predicted molar refractivity (Wildman–Crippen MR) is 148 cm³/mol. The number of rotatable bonds is 7. The summed E-state index contributed by atoms with van der Waals surface area (Å²) in [5, 5.41) is 27.0. The first-order chi connectivity index (χ1) is 19.2. The molecule has 40 heavy (non-hydrogen) atoms. The van der Waals surface area contributed by atoms with Crippen LogP contribution in [0.25, 0.3) is 21.5 Å². The first-order valence-corrected chi connectivity index (χ1v) is 14.9. The van der Waals surface area contributed by atoms with Gasteiger partial charge in [0.25, 0.3) is 0 Å². The summed E-state index contributed by atoms with van der Waals surface area (Å²) in [5.74, 6) is -0.985. The third-order valence-corrected chi connectivity index (χ3v) is 10.4. The Morgan fingerprint density at radius 3 is 2.50 bits per heavy atom. The lowest BCUT2D eigenvalue weighted by Gasteiger charge is -2.41. The number of carbonyl (C=O) groups is 1. The molecular formula is C29H25Cl2FN2O5S. The minimum absolute atomic E-state index is 0.0981. The van der Waals surface area contributed by atoms with Crippen molar-refractivity contribution in [2.75, 3.05) is 0 Å². The van der Waals surface area contributed by atoms with Crippen LogP contribution in [0.3, 0.4) is 0 Å². The molecule has 208 valence electrons. The lowest BCUT2D eigenvalue weighted by molar-refractivity contribution is -0.116. The van der Waals surface area contributed by atoms with Crippen LogP contribution in [0.15, 0.2) is 34.9 Å². The molecule has 4 atom stereocenters. The molecule has 0 spiro atoms. The fourth-order valence-corrected chi connectivity index (χ4v) is 8.36. The molecule has 0 amide bonds. The van der Waals surface area contributed by atoms with E-state index >= 15 is 0 Å². The molecule has 2 bridgehead atoms. The van der Waals surface area contributed by atoms with Gasteiger partial charge in [-0.2, -0.15) is 0 Å². The minimum atomic E-state index is -1.20. The van der Waals surface area contributed by atoms with E-state index in [2.05, 4.69) is 10.1 Å². The van der Waals surface area contributed by atoms with Crippen LogP contribution in [0.1, 0.15) is 71.1 Å². The Labute approximate surface area is 242 Å². The van der Waals surface area contributed by atoms with Gasteiger partial charge in [0.2, 0.25) is 0 Å². The average molecular weight is 603 g/mol. The van der Waals surface area contributed by atoms with E-state index in [9.17, 15) is 19.4 Å². The number of nitrogens with zero attached hydrogens (tertiary/aromatic N) is 2. The van der Waals surface area contributed by atoms with Gasteiger partial charge in [0.1, 0.15) is 27.6 Å². The van der Waals surface area contributed by atoms with Crippen LogP contribution in [-0.4, -0.2) is 32.4 Å². The van der Waals surface area contributed by atoms with Gasteiger partial charge >= 0.3 is 5.97 Å². The van der Waals surface area contributed by atoms with Crippen molar-refractivity contribution in [2.45, 2.75) is 62.8 Å². The SMILES string of the molecule is O=C(O)c1cc(F)c2nc([C@]3(O)[C@@H]4CC[C@H]3C[C@H](OCc3c(-c5c(Cl)cccc5Cl)noc3C3CC3)C4)sc2c1. The fraction of sp³-hybridized carbons (Fsp3) is 0.414. The molecule has 7 nitrogen and oxygen atoms in total. The summed E-state index contributed by atoms with van der Waals surface area (Å²) in [5.41, 5.74) is 0.858. The van der Waals surface area contributed by atoms with E-state index in [1.165, 1.54) is 17.4 Å². The monoisotopic (exact) mass is 602 g/mol. The van der Waals surface area contributed by atoms with E-state index < -0.39 is 17.4 Å². The number of hydrogen-bond donors (Lipinski definition) is 2. The molecule has 0 saturated heterocycles. The van der Waals surface area contributed by atoms with Gasteiger partial charge in [-0.3, -0.25) is 0 Å². The van der Waals surface area contributed by atoms with Crippen LogP contribution in [0.4, 0.5) is 4.39 Å². The second-order valence-corrected chi connectivity index (χ2v) is 12.9. The summed E-state index contributed by atoms with van der Waals surface area (Å²) >= 11 is 14.2. The Balaban J connectivity index is 1.14. The van der Waals surface area contributed by atoms with Crippen molar-refractivity contribution in [1.82, 2.24) is 10.1 Å². The molecule has 11 heteroatoms. The van der Waals surface area contributed by atoms with E-state index in [1.54, 1.807) is 18.2 Å². The van der Waals surface area contributed by atoms with Gasteiger partial charge in [0.15, 0.2) is 5.82 Å². The highest BCUT2D eigenvalue weighted by atomic mass is 35.5. The number of ether oxygens (including phenoxy) is 1. The number of fused-ring (bicyclic) bond motifs is 3. The number of thiazole rings is 1. The number of aliphatic hydroxyl groups is 1. The Kier molecular flexibility index (Phi) is 6.44. The number of carboxylic acids is 1. The maximum atomic E-state index is 14.7. The summed E-state index contributed by atoms with van der Waals surface area (Å²) in [4.78, 5) is 15.9. The zero-order valence-electron chi connectivity index (χ0n) is 21.2. The van der Waals surface area contributed by atoms with Gasteiger partial charge in [0, 0.05) is 17.0 Å². The average Bonchev–Trinajstić information content (AvgIpc) is 3.49. The lowest BCUT2D eigenvalue weighted by atomic mass is 9.73. The minimum Gasteiger partial charge on any atom is -0.478 e. The highest BCUT2D eigenvalue weighted by Gasteiger charge is 2.56. The second kappa shape index (κ2) is 9.77. The summed E-state index contributed by atoms with van der Waals surface area (Å²) in [6, 6.07) is 7.73. The summed E-state index contributed by atoms with van der Waals surface area (Å²) in [6.45, 7) is 0.291. The van der Waals surface area contributed by atoms with Crippen LogP contribution < -0.4 is 0 Å². The molecule has 2 aromatic heterocycles. The van der Waals surface area contributed by atoms with Crippen LogP contribution in [0, 0.1) is 17.7 Å². The number of carboxylic acid groups (broad SMARTS) is 1. The highest BCUT2D eigenvalue weighted by Crippen LogP contribution is 2.57. The van der Waals surface area contributed by atoms with Crippen molar-refractivity contribution >= 4 is 50.7 Å². The standard InChI is InChI=1S/C29H25Cl2FN2O5S/c30-19-2-1-3-20(31)23(19)24-18(26(39-34-24)13-4-5-13)12-38-17-10-15-6-7-16(11-17)29(15,37)28-33-25-21(32)8-14(27(35)36)9-22(25)40-28/h1-3,8-9,13,15-17,37H,4-7,10-12H2,(H,35,36)/t15-,16+,17-,29+. The molecule has 0 aliphatic heterocycles. The normalized spacial score (nSPS) is 26.1. The van der Waals surface area contributed by atoms with E-state index in [4.69, 9.17) is 32.5 Å². The van der Waals surface area contributed by atoms with E-state index in [0.717, 1.165) is 43.1 Å². The van der Waals surface area contributed by atoms with Crippen LogP contribution >= 0.6 is 34.5 Å². The van der Waals surface area contributed by atoms with Gasteiger partial charge in [-0.1, -0.05) is 34.4 Å². The zero-order chi connectivity index (χ0) is 27.8. The Morgan fingerprint density at radius 1 is 1.15 bits per heavy atom. The molecule has 2 heterocycles. The van der Waals surface area contributed by atoms with Crippen LogP contribution in [0.2, 0.25) is 10.0 Å². The number of aromatic carboxylic acids is 1. The number of halogens is 3. The Bertz CT molecular complexity index is 1620. The predicted octanol–water partition coefficient (Wildman–Crippen LogP) is 7.57. The molecule has 3 aliphatic carbocycles. The van der Waals surface area contributed by atoms with Gasteiger partial charge in [-0.15, -0.1) is 11.3 Å². The van der Waals surface area contributed by atoms with Crippen molar-refractivity contribution in [3.63, 3.8) is 0 Å². The third-order valence-electron chi connectivity index (χ3n) is 8.67. The molecule has 7 rings (SSSR count). The number of aromatic nitrogens is 2. The van der Waals surface area contributed by atoms with Gasteiger partial charge in [-0.25, -0.2) is 14.2 Å². The smallest absolute Gasteiger partial charge is 0.335 e. The second-order valence-electron chi connectivity index (χ2n) is 11.1. The van der Waals surface area contributed by atoms with Crippen molar-refractivity contribution < 1.29 is 28.7 Å². The molecular weight excluding hydrogens is 578 g/mol. The summed E-state index contributed by atoms with van der Waals surface area (Å²) in [7, 11) is 0. The molecule has 2 N–H and O–H groups in total. The quantitative estimate of drug-likeness (QED) is 0.225. The Hall–Kier alpha value is -2.56. The summed E-state index contributed by atoms with van der Waals surface area (Å²) < 4.78 is 27.3. The lowest BCUT2D eigenvalue weighted by Crippen LogP contribution is -2.44. The molecule has 2 aromatic carbocycles. The van der Waals surface area contributed by atoms with Crippen molar-refractivity contribution in [3.8, 4) is 11.3 Å². The van der Waals surface area contributed by atoms with Crippen molar-refractivity contribution in [3.05, 3.63) is 68.1 Å². The van der Waals surface area contributed by atoms with E-state index in [1.807, 2.05) is 0 Å². The summed E-state index contributed by atoms with van der Waals surface area (Å²) in [6.07, 6.45) is 4.83. The molecule has 4 aromatic rings. The van der Waals surface area contributed by atoms with E-state index in [0.29, 0.717) is 56.4 Å². The topological polar surface area (TPSA) is 106 Å². The van der Waals surface area contributed by atoms with Crippen LogP contribution in [-0.2, 0) is 16.9 Å². The molecule has 3 aliphatic rings. The molecule has 0 radical (unpaired) electrons. The van der Waals surface area contributed by atoms with Crippen molar-refractivity contribution in [1.29, 1.82) is 0 Å². The highest BCUT2D eigenvalue weighted by molar-refractivity contribution is 7.18. The Morgan fingerprint density at radius 2 is 1.85 bits per heavy atom. The first kappa shape index (κ1) is 26.3. The fourth-order valence-electron chi connectivity index (χ4n) is 6.52. The molecule has 3 saturated carbocycles. The van der Waals surface area contributed by atoms with Gasteiger partial charge in [-0.05, 0) is 74.6 Å². The number of hydrogen-bond acceptors (Lipinski definition) is 7. The van der Waals surface area contributed by atoms with Crippen molar-refractivity contribution in [2.24, 2.45) is 11.8 Å². The molecule has 3 fully saturated rings. The largest absolute Gasteiger partial charge is 0.478 e. The third kappa shape index (κ3) is 4.25. The van der Waals surface area contributed by atoms with Gasteiger partial charge < -0.3 is 19.5 Å².